The van der Waals surface area contributed by atoms with E-state index in [0.29, 0.717) is 0 Å². The molecule has 0 aliphatic rings. The van der Waals surface area contributed by atoms with Crippen LogP contribution in [0.5, 0.6) is 0 Å². The zero-order chi connectivity index (χ0) is 11.5. The Morgan fingerprint density at radius 3 is 2.56 bits per heavy atom. The van der Waals surface area contributed by atoms with Crippen LogP contribution in [0.3, 0.4) is 0 Å². The molecule has 1 atom stereocenters. The minimum atomic E-state index is 0.274. The van der Waals surface area contributed by atoms with E-state index in [9.17, 15) is 0 Å². The minimum Gasteiger partial charge on any atom is -0.309 e. The van der Waals surface area contributed by atoms with Crippen LogP contribution in [-0.2, 0) is 0 Å². The third-order valence-electron chi connectivity index (χ3n) is 2.67. The number of benzene rings is 1. The first kappa shape index (κ1) is 11.8. The Bertz CT molecular complexity index is 478. The Labute approximate surface area is 109 Å². The van der Waals surface area contributed by atoms with Crippen molar-refractivity contribution in [3.05, 3.63) is 56.2 Å². The topological polar surface area (TPSA) is 12.0 Å². The summed E-state index contributed by atoms with van der Waals surface area (Å²) in [7, 11) is 2.00. The number of thiophene rings is 1. The third-order valence-corrected chi connectivity index (χ3v) is 4.47. The first-order chi connectivity index (χ1) is 7.74. The summed E-state index contributed by atoms with van der Waals surface area (Å²) in [6, 6.07) is 10.8. The summed E-state index contributed by atoms with van der Waals surface area (Å²) in [5.41, 5.74) is 2.63. The molecule has 0 aliphatic carbocycles. The Kier molecular flexibility index (Phi) is 3.79. The van der Waals surface area contributed by atoms with Crippen LogP contribution in [0.15, 0.2) is 40.2 Å². The van der Waals surface area contributed by atoms with Gasteiger partial charge in [-0.25, -0.2) is 0 Å². The van der Waals surface area contributed by atoms with Gasteiger partial charge in [-0.2, -0.15) is 0 Å². The molecule has 0 spiro atoms. The summed E-state index contributed by atoms with van der Waals surface area (Å²) in [5, 5.41) is 5.53. The molecule has 84 valence electrons. The molecule has 16 heavy (non-hydrogen) atoms. The van der Waals surface area contributed by atoms with Crippen LogP contribution in [0.2, 0.25) is 0 Å². The molecule has 0 amide bonds. The molecule has 2 rings (SSSR count). The van der Waals surface area contributed by atoms with Crippen LogP contribution in [0.25, 0.3) is 0 Å². The SMILES string of the molecule is CNC(c1ccccc1Br)c1sccc1C. The van der Waals surface area contributed by atoms with Crippen molar-refractivity contribution in [2.24, 2.45) is 0 Å². The van der Waals surface area contributed by atoms with E-state index in [0.717, 1.165) is 4.47 Å². The summed E-state index contributed by atoms with van der Waals surface area (Å²) >= 11 is 5.41. The van der Waals surface area contributed by atoms with E-state index in [1.54, 1.807) is 11.3 Å². The molecule has 0 radical (unpaired) electrons. The van der Waals surface area contributed by atoms with Crippen molar-refractivity contribution in [3.8, 4) is 0 Å². The number of rotatable bonds is 3. The van der Waals surface area contributed by atoms with Gasteiger partial charge in [-0.1, -0.05) is 34.1 Å². The first-order valence-electron chi connectivity index (χ1n) is 5.19. The van der Waals surface area contributed by atoms with Crippen molar-refractivity contribution in [2.75, 3.05) is 7.05 Å². The standard InChI is InChI=1S/C13H14BrNS/c1-9-7-8-16-13(9)12(15-2)10-5-3-4-6-11(10)14/h3-8,12,15H,1-2H3. The molecular formula is C13H14BrNS. The van der Waals surface area contributed by atoms with E-state index >= 15 is 0 Å². The zero-order valence-corrected chi connectivity index (χ0v) is 11.7. The fraction of sp³-hybridized carbons (Fsp3) is 0.231. The zero-order valence-electron chi connectivity index (χ0n) is 9.33. The summed E-state index contributed by atoms with van der Waals surface area (Å²) in [6.07, 6.45) is 0. The fourth-order valence-corrected chi connectivity index (χ4v) is 3.38. The van der Waals surface area contributed by atoms with Gasteiger partial charge in [0.05, 0.1) is 6.04 Å². The lowest BCUT2D eigenvalue weighted by atomic mass is 10.0. The first-order valence-corrected chi connectivity index (χ1v) is 6.87. The van der Waals surface area contributed by atoms with Gasteiger partial charge in [0, 0.05) is 9.35 Å². The quantitative estimate of drug-likeness (QED) is 0.898. The van der Waals surface area contributed by atoms with E-state index in [4.69, 9.17) is 0 Å². The Balaban J connectivity index is 2.45. The van der Waals surface area contributed by atoms with Gasteiger partial charge in [-0.15, -0.1) is 11.3 Å². The van der Waals surface area contributed by atoms with Gasteiger partial charge in [-0.05, 0) is 42.6 Å². The lowest BCUT2D eigenvalue weighted by molar-refractivity contribution is 0.697. The van der Waals surface area contributed by atoms with Crippen LogP contribution < -0.4 is 5.32 Å². The average Bonchev–Trinajstić information content (AvgIpc) is 2.69. The number of aryl methyl sites for hydroxylation is 1. The van der Waals surface area contributed by atoms with E-state index < -0.39 is 0 Å². The maximum atomic E-state index is 3.61. The van der Waals surface area contributed by atoms with Crippen molar-refractivity contribution < 1.29 is 0 Å². The van der Waals surface area contributed by atoms with Crippen LogP contribution in [0, 0.1) is 6.92 Å². The summed E-state index contributed by atoms with van der Waals surface area (Å²) in [4.78, 5) is 1.38. The Morgan fingerprint density at radius 2 is 2.00 bits per heavy atom. The highest BCUT2D eigenvalue weighted by atomic mass is 79.9. The molecule has 0 saturated heterocycles. The largest absolute Gasteiger partial charge is 0.309 e. The Hall–Kier alpha value is -0.640. The maximum Gasteiger partial charge on any atom is 0.0682 e. The predicted molar refractivity (Wildman–Crippen MR) is 74.1 cm³/mol. The number of hydrogen-bond donors (Lipinski definition) is 1. The van der Waals surface area contributed by atoms with Crippen molar-refractivity contribution in [1.29, 1.82) is 0 Å². The van der Waals surface area contributed by atoms with Crippen LogP contribution >= 0.6 is 27.3 Å². The predicted octanol–water partition coefficient (Wildman–Crippen LogP) is 4.13. The molecule has 3 heteroatoms. The molecule has 1 heterocycles. The molecule has 2 aromatic rings. The van der Waals surface area contributed by atoms with E-state index in [1.165, 1.54) is 16.0 Å². The van der Waals surface area contributed by atoms with Gasteiger partial charge in [0.2, 0.25) is 0 Å². The average molecular weight is 296 g/mol. The van der Waals surface area contributed by atoms with E-state index in [2.05, 4.69) is 57.8 Å². The lowest BCUT2D eigenvalue weighted by Crippen LogP contribution is -2.17. The minimum absolute atomic E-state index is 0.274. The highest BCUT2D eigenvalue weighted by molar-refractivity contribution is 9.10. The summed E-state index contributed by atoms with van der Waals surface area (Å²) < 4.78 is 1.15. The van der Waals surface area contributed by atoms with Crippen molar-refractivity contribution >= 4 is 27.3 Å². The van der Waals surface area contributed by atoms with Gasteiger partial charge >= 0.3 is 0 Å². The third kappa shape index (κ3) is 2.21. The second-order valence-corrected chi connectivity index (χ2v) is 5.51. The molecular weight excluding hydrogens is 282 g/mol. The molecule has 1 aromatic heterocycles. The smallest absolute Gasteiger partial charge is 0.0682 e. The molecule has 1 unspecified atom stereocenters. The van der Waals surface area contributed by atoms with Crippen molar-refractivity contribution in [1.82, 2.24) is 5.32 Å². The second-order valence-electron chi connectivity index (χ2n) is 3.71. The van der Waals surface area contributed by atoms with Gasteiger partial charge in [0.15, 0.2) is 0 Å². The molecule has 0 aliphatic heterocycles. The van der Waals surface area contributed by atoms with Gasteiger partial charge in [0.25, 0.3) is 0 Å². The van der Waals surface area contributed by atoms with E-state index in [1.807, 2.05) is 13.1 Å². The molecule has 0 saturated carbocycles. The fourth-order valence-electron chi connectivity index (χ4n) is 1.82. The molecule has 1 aromatic carbocycles. The van der Waals surface area contributed by atoms with Crippen molar-refractivity contribution in [2.45, 2.75) is 13.0 Å². The maximum absolute atomic E-state index is 3.61. The number of nitrogens with one attached hydrogen (secondary N) is 1. The molecule has 1 N–H and O–H groups in total. The van der Waals surface area contributed by atoms with Gasteiger partial charge < -0.3 is 5.32 Å². The van der Waals surface area contributed by atoms with Gasteiger partial charge in [0.1, 0.15) is 0 Å². The highest BCUT2D eigenvalue weighted by Gasteiger charge is 2.17. The van der Waals surface area contributed by atoms with Crippen LogP contribution in [0.1, 0.15) is 22.0 Å². The Morgan fingerprint density at radius 1 is 1.25 bits per heavy atom. The second kappa shape index (κ2) is 5.13. The van der Waals surface area contributed by atoms with E-state index in [-0.39, 0.29) is 6.04 Å². The summed E-state index contributed by atoms with van der Waals surface area (Å²) in [6.45, 7) is 2.16. The monoisotopic (exact) mass is 295 g/mol. The number of hydrogen-bond acceptors (Lipinski definition) is 2. The van der Waals surface area contributed by atoms with Crippen LogP contribution in [-0.4, -0.2) is 7.05 Å². The summed E-state index contributed by atoms with van der Waals surface area (Å²) in [5.74, 6) is 0. The normalized spacial score (nSPS) is 12.7. The van der Waals surface area contributed by atoms with Crippen LogP contribution in [0.4, 0.5) is 0 Å². The van der Waals surface area contributed by atoms with Crippen molar-refractivity contribution in [3.63, 3.8) is 0 Å². The van der Waals surface area contributed by atoms with Gasteiger partial charge in [-0.3, -0.25) is 0 Å². The lowest BCUT2D eigenvalue weighted by Gasteiger charge is -2.17. The molecule has 0 bridgehead atoms. The number of halogens is 1. The molecule has 0 fully saturated rings. The molecule has 1 nitrogen and oxygen atoms in total. The highest BCUT2D eigenvalue weighted by Crippen LogP contribution is 2.32.